The number of hydrogen-bond acceptors (Lipinski definition) is 7. The normalized spacial score (nSPS) is 15.6. The van der Waals surface area contributed by atoms with E-state index in [1.807, 2.05) is 37.3 Å². The van der Waals surface area contributed by atoms with E-state index < -0.39 is 5.97 Å². The summed E-state index contributed by atoms with van der Waals surface area (Å²) < 4.78 is 17.1. The number of nitrogens with zero attached hydrogens (tertiary/aromatic N) is 1. The second kappa shape index (κ2) is 11.6. The lowest BCUT2D eigenvalue weighted by molar-refractivity contribution is -0.138. The number of carbonyl (C=O) groups excluding carboxylic acids is 1. The third kappa shape index (κ3) is 6.01. The number of para-hydroxylation sites is 1. The molecule has 0 radical (unpaired) electrons. The first-order valence-corrected chi connectivity index (χ1v) is 11.8. The van der Waals surface area contributed by atoms with Crippen molar-refractivity contribution < 1.29 is 24.1 Å². The fourth-order valence-corrected chi connectivity index (χ4v) is 4.38. The predicted molar refractivity (Wildman–Crippen MR) is 135 cm³/mol. The summed E-state index contributed by atoms with van der Waals surface area (Å²) in [6.45, 7) is 4.29. The number of thioether (sulfide) groups is 1. The number of carbonyl (C=O) groups is 1. The number of ether oxygens (including phenoxy) is 3. The molecule has 6 nitrogen and oxygen atoms in total. The van der Waals surface area contributed by atoms with Crippen LogP contribution < -0.4 is 9.47 Å². The summed E-state index contributed by atoms with van der Waals surface area (Å²) in [5.41, 5.74) is 1.41. The molecule has 0 saturated heterocycles. The zero-order chi connectivity index (χ0) is 23.8. The van der Waals surface area contributed by atoms with Gasteiger partial charge in [-0.05, 0) is 49.8 Å². The van der Waals surface area contributed by atoms with E-state index in [4.69, 9.17) is 20.6 Å². The highest BCUT2D eigenvalue weighted by Gasteiger charge is 2.33. The molecule has 0 aliphatic carbocycles. The molecule has 1 heterocycles. The molecule has 33 heavy (non-hydrogen) atoms. The Morgan fingerprint density at radius 2 is 1.91 bits per heavy atom. The number of aliphatic imine (C=N–C) groups is 1. The number of aliphatic hydroxyl groups is 1. The summed E-state index contributed by atoms with van der Waals surface area (Å²) in [6, 6.07) is 12.7. The molecule has 1 N–H and O–H groups in total. The van der Waals surface area contributed by atoms with Crippen LogP contribution in [0.3, 0.4) is 0 Å². The van der Waals surface area contributed by atoms with E-state index in [1.165, 1.54) is 11.8 Å². The highest BCUT2D eigenvalue weighted by atomic mass is 79.9. The number of hydrogen-bond donors (Lipinski definition) is 1. The molecule has 1 aliphatic rings. The maximum atomic E-state index is 12.6. The van der Waals surface area contributed by atoms with Crippen molar-refractivity contribution in [3.8, 4) is 23.8 Å². The maximum Gasteiger partial charge on any atom is 0.344 e. The first-order chi connectivity index (χ1) is 16.0. The quantitative estimate of drug-likeness (QED) is 0.332. The van der Waals surface area contributed by atoms with Crippen LogP contribution in [-0.2, 0) is 9.53 Å². The van der Waals surface area contributed by atoms with E-state index in [0.717, 1.165) is 0 Å². The highest BCUT2D eigenvalue weighted by molar-refractivity contribution is 9.10. The fourth-order valence-electron chi connectivity index (χ4n) is 2.91. The minimum atomic E-state index is -0.632. The van der Waals surface area contributed by atoms with Crippen LogP contribution in [0.2, 0.25) is 0 Å². The van der Waals surface area contributed by atoms with E-state index in [2.05, 4.69) is 26.8 Å². The average Bonchev–Trinajstić information content (AvgIpc) is 3.10. The monoisotopic (exact) mass is 527 g/mol. The van der Waals surface area contributed by atoms with Gasteiger partial charge >= 0.3 is 5.97 Å². The van der Waals surface area contributed by atoms with Gasteiger partial charge in [0.2, 0.25) is 0 Å². The van der Waals surface area contributed by atoms with Gasteiger partial charge in [0.25, 0.3) is 0 Å². The van der Waals surface area contributed by atoms with Crippen molar-refractivity contribution in [3.63, 3.8) is 0 Å². The third-order valence-corrected chi connectivity index (χ3v) is 6.02. The Kier molecular flexibility index (Phi) is 8.64. The van der Waals surface area contributed by atoms with Gasteiger partial charge in [0, 0.05) is 4.47 Å². The van der Waals surface area contributed by atoms with E-state index in [9.17, 15) is 9.90 Å². The van der Waals surface area contributed by atoms with Gasteiger partial charge in [-0.1, -0.05) is 51.8 Å². The number of terminal acetylenes is 1. The number of aliphatic hydroxyl groups excluding tert-OH is 1. The standard InChI is InChI=1S/C25H22BrNO5S/c1-4-12-32-20-15-18(26)16(13-19(20)30-5-2)14-21-23(28)22(25(29)31-6-3)24(33-21)27-17-10-8-7-9-11-17/h1,7-11,13-15,28H,5-6,12H2,2-3H3/b21-14-,27-24?. The Labute approximate surface area is 205 Å². The van der Waals surface area contributed by atoms with Gasteiger partial charge < -0.3 is 19.3 Å². The Balaban J connectivity index is 2.05. The van der Waals surface area contributed by atoms with Gasteiger partial charge in [0.15, 0.2) is 11.5 Å². The largest absolute Gasteiger partial charge is 0.506 e. The van der Waals surface area contributed by atoms with Gasteiger partial charge in [-0.25, -0.2) is 9.79 Å². The van der Waals surface area contributed by atoms with Crippen molar-refractivity contribution in [2.45, 2.75) is 13.8 Å². The van der Waals surface area contributed by atoms with Gasteiger partial charge in [-0.3, -0.25) is 0 Å². The molecule has 3 rings (SSSR count). The van der Waals surface area contributed by atoms with Crippen LogP contribution in [-0.4, -0.2) is 35.9 Å². The minimum Gasteiger partial charge on any atom is -0.506 e. The number of halogens is 1. The molecular formula is C25H22BrNO5S. The van der Waals surface area contributed by atoms with Crippen LogP contribution in [0.5, 0.6) is 11.5 Å². The van der Waals surface area contributed by atoms with Gasteiger partial charge in [-0.15, -0.1) is 6.42 Å². The number of rotatable bonds is 8. The van der Waals surface area contributed by atoms with E-state index in [1.54, 1.807) is 25.1 Å². The molecule has 170 valence electrons. The summed E-state index contributed by atoms with van der Waals surface area (Å²) in [4.78, 5) is 17.6. The number of benzene rings is 2. The minimum absolute atomic E-state index is 0.0343. The maximum absolute atomic E-state index is 12.6. The van der Waals surface area contributed by atoms with Crippen LogP contribution in [0.1, 0.15) is 19.4 Å². The van der Waals surface area contributed by atoms with Crippen molar-refractivity contribution in [1.82, 2.24) is 0 Å². The third-order valence-electron chi connectivity index (χ3n) is 4.32. The topological polar surface area (TPSA) is 77.4 Å². The SMILES string of the molecule is C#CCOc1cc(Br)c(/C=C2\SC(=Nc3ccccc3)C(C(=O)OCC)=C2O)cc1OCC. The molecule has 0 atom stereocenters. The molecule has 1 aliphatic heterocycles. The smallest absolute Gasteiger partial charge is 0.344 e. The first kappa shape index (κ1) is 24.5. The Bertz CT molecular complexity index is 1170. The lowest BCUT2D eigenvalue weighted by Crippen LogP contribution is -2.12. The first-order valence-electron chi connectivity index (χ1n) is 10.1. The molecule has 0 fully saturated rings. The summed E-state index contributed by atoms with van der Waals surface area (Å²) in [5, 5.41) is 11.3. The van der Waals surface area contributed by atoms with Gasteiger partial charge in [0.05, 0.1) is 23.8 Å². The van der Waals surface area contributed by atoms with E-state index in [-0.39, 0.29) is 24.5 Å². The zero-order valence-corrected chi connectivity index (χ0v) is 20.5. The van der Waals surface area contributed by atoms with Crippen molar-refractivity contribution in [2.24, 2.45) is 4.99 Å². The van der Waals surface area contributed by atoms with Crippen molar-refractivity contribution in [2.75, 3.05) is 19.8 Å². The molecule has 0 unspecified atom stereocenters. The second-order valence-electron chi connectivity index (χ2n) is 6.55. The fraction of sp³-hybridized carbons (Fsp3) is 0.200. The summed E-state index contributed by atoms with van der Waals surface area (Å²) in [6.07, 6.45) is 7.04. The summed E-state index contributed by atoms with van der Waals surface area (Å²) >= 11 is 4.71. The Morgan fingerprint density at radius 3 is 2.58 bits per heavy atom. The molecular weight excluding hydrogens is 506 g/mol. The van der Waals surface area contributed by atoms with E-state index in [0.29, 0.717) is 43.8 Å². The van der Waals surface area contributed by atoms with Crippen molar-refractivity contribution in [1.29, 1.82) is 0 Å². The molecule has 0 bridgehead atoms. The molecule has 8 heteroatoms. The van der Waals surface area contributed by atoms with Gasteiger partial charge in [0.1, 0.15) is 23.0 Å². The lowest BCUT2D eigenvalue weighted by Gasteiger charge is -2.13. The molecule has 0 saturated carbocycles. The molecule has 0 aromatic heterocycles. The Hall–Kier alpha value is -3.15. The van der Waals surface area contributed by atoms with Crippen LogP contribution in [0.4, 0.5) is 5.69 Å². The van der Waals surface area contributed by atoms with Crippen LogP contribution in [0, 0.1) is 12.3 Å². The molecule has 2 aromatic rings. The lowest BCUT2D eigenvalue weighted by atomic mass is 10.1. The predicted octanol–water partition coefficient (Wildman–Crippen LogP) is 6.05. The highest BCUT2D eigenvalue weighted by Crippen LogP contribution is 2.42. The van der Waals surface area contributed by atoms with E-state index >= 15 is 0 Å². The molecule has 0 amide bonds. The second-order valence-corrected chi connectivity index (χ2v) is 8.44. The summed E-state index contributed by atoms with van der Waals surface area (Å²) in [5.74, 6) is 2.62. The van der Waals surface area contributed by atoms with Crippen LogP contribution in [0.25, 0.3) is 6.08 Å². The van der Waals surface area contributed by atoms with Gasteiger partial charge in [-0.2, -0.15) is 0 Å². The zero-order valence-electron chi connectivity index (χ0n) is 18.1. The average molecular weight is 528 g/mol. The number of esters is 1. The molecule has 2 aromatic carbocycles. The van der Waals surface area contributed by atoms with Crippen LogP contribution >= 0.6 is 27.7 Å². The Morgan fingerprint density at radius 1 is 1.18 bits per heavy atom. The summed E-state index contributed by atoms with van der Waals surface area (Å²) in [7, 11) is 0. The van der Waals surface area contributed by atoms with Crippen molar-refractivity contribution >= 4 is 50.5 Å². The molecule has 0 spiro atoms. The van der Waals surface area contributed by atoms with Crippen LogP contribution in [0.15, 0.2) is 68.2 Å². The van der Waals surface area contributed by atoms with Crippen molar-refractivity contribution in [3.05, 3.63) is 68.7 Å².